The molecule has 0 fully saturated rings. The maximum Gasteiger partial charge on any atom is 0.112 e. The number of hydrogen-bond donors (Lipinski definition) is 0. The van der Waals surface area contributed by atoms with Gasteiger partial charge in [0.1, 0.15) is 11.5 Å². The van der Waals surface area contributed by atoms with Crippen molar-refractivity contribution in [3.05, 3.63) is 162 Å². The first-order valence-corrected chi connectivity index (χ1v) is 17.2. The van der Waals surface area contributed by atoms with Crippen LogP contribution in [0.3, 0.4) is 0 Å². The Morgan fingerprint density at radius 1 is 0.587 bits per heavy atom. The third kappa shape index (κ3) is 5.39. The molecule has 0 spiro atoms. The van der Waals surface area contributed by atoms with Crippen LogP contribution in [0.5, 0.6) is 0 Å². The molecule has 2 atom stereocenters. The second-order valence-electron chi connectivity index (χ2n) is 13.9. The van der Waals surface area contributed by atoms with Gasteiger partial charge in [0.2, 0.25) is 0 Å². The highest BCUT2D eigenvalue weighted by atomic mass is 16.3. The Kier molecular flexibility index (Phi) is 8.17. The molecule has 0 amide bonds. The normalized spacial score (nSPS) is 23.0. The lowest BCUT2D eigenvalue weighted by Crippen LogP contribution is -2.18. The van der Waals surface area contributed by atoms with E-state index >= 15 is 0 Å². The Hall–Kier alpha value is -4.40. The molecule has 2 aromatic rings. The Bertz CT molecular complexity index is 1830. The molecule has 0 N–H and O–H groups in total. The molecule has 0 saturated heterocycles. The van der Waals surface area contributed by atoms with Gasteiger partial charge in [0.05, 0.1) is 24.4 Å². The van der Waals surface area contributed by atoms with Crippen LogP contribution in [-0.2, 0) is 0 Å². The second-order valence-corrected chi connectivity index (χ2v) is 13.9. The van der Waals surface area contributed by atoms with Gasteiger partial charge in [-0.3, -0.25) is 0 Å². The number of rotatable bonds is 4. The summed E-state index contributed by atoms with van der Waals surface area (Å²) >= 11 is 0. The van der Waals surface area contributed by atoms with E-state index in [1.165, 1.54) is 57.4 Å². The van der Waals surface area contributed by atoms with Crippen molar-refractivity contribution in [2.75, 3.05) is 0 Å². The van der Waals surface area contributed by atoms with Crippen molar-refractivity contribution >= 4 is 0 Å². The molecule has 0 bridgehead atoms. The Morgan fingerprint density at radius 2 is 1.02 bits per heavy atom. The Balaban J connectivity index is 1.54. The van der Waals surface area contributed by atoms with Gasteiger partial charge in [0.25, 0.3) is 0 Å². The van der Waals surface area contributed by atoms with E-state index in [2.05, 4.69) is 101 Å². The zero-order chi connectivity index (χ0) is 31.9. The Morgan fingerprint density at radius 3 is 1.39 bits per heavy atom. The van der Waals surface area contributed by atoms with Gasteiger partial charge in [-0.25, -0.2) is 0 Å². The van der Waals surface area contributed by atoms with E-state index in [4.69, 9.17) is 8.83 Å². The Labute approximate surface area is 274 Å². The van der Waals surface area contributed by atoms with Crippen LogP contribution >= 0.6 is 0 Å². The maximum atomic E-state index is 6.38. The van der Waals surface area contributed by atoms with E-state index < -0.39 is 0 Å². The summed E-state index contributed by atoms with van der Waals surface area (Å²) in [6.07, 6.45) is 19.7. The van der Waals surface area contributed by atoms with Crippen LogP contribution in [0.4, 0.5) is 0 Å². The molecule has 2 heteroatoms. The summed E-state index contributed by atoms with van der Waals surface area (Å²) in [5.74, 6) is 2.22. The number of furan rings is 2. The van der Waals surface area contributed by atoms with Crippen molar-refractivity contribution in [3.63, 3.8) is 0 Å². The lowest BCUT2D eigenvalue weighted by atomic mass is 9.72. The molecule has 2 nitrogen and oxygen atoms in total. The van der Waals surface area contributed by atoms with E-state index in [1.807, 2.05) is 12.1 Å². The van der Waals surface area contributed by atoms with Gasteiger partial charge in [-0.1, -0.05) is 64.8 Å². The quantitative estimate of drug-likeness (QED) is 0.325. The molecule has 7 rings (SSSR count). The van der Waals surface area contributed by atoms with Crippen LogP contribution in [0, 0.1) is 11.8 Å². The fourth-order valence-electron chi connectivity index (χ4n) is 7.62. The van der Waals surface area contributed by atoms with Crippen LogP contribution in [0.1, 0.15) is 103 Å². The van der Waals surface area contributed by atoms with Gasteiger partial charge < -0.3 is 8.83 Å². The molecule has 2 heterocycles. The molecule has 2 aromatic heterocycles. The van der Waals surface area contributed by atoms with Gasteiger partial charge in [0, 0.05) is 44.6 Å². The van der Waals surface area contributed by atoms with Crippen molar-refractivity contribution in [2.24, 2.45) is 11.8 Å². The molecule has 5 aliphatic carbocycles. The van der Waals surface area contributed by atoms with E-state index in [-0.39, 0.29) is 11.8 Å². The van der Waals surface area contributed by atoms with Crippen LogP contribution in [0.15, 0.2) is 160 Å². The minimum absolute atomic E-state index is 0.179. The first-order valence-electron chi connectivity index (χ1n) is 17.2. The largest absolute Gasteiger partial charge is 0.469 e. The molecule has 2 unspecified atom stereocenters. The topological polar surface area (TPSA) is 26.3 Å². The molecule has 0 saturated carbocycles. The summed E-state index contributed by atoms with van der Waals surface area (Å²) in [6.45, 7) is 13.4. The average molecular weight is 605 g/mol. The van der Waals surface area contributed by atoms with E-state index in [0.29, 0.717) is 11.8 Å². The SMILES string of the molecule is CC1=C=C2C3=C(C=CC(C(C)C)=C=C13)CCCCCCC1=C3C(=C=C(C(C)C)C=C1)C(C)=C=C3C(c1ccco1)C2c1ccco1. The summed E-state index contributed by atoms with van der Waals surface area (Å²) < 4.78 is 12.8. The lowest BCUT2D eigenvalue weighted by Gasteiger charge is -2.29. The highest BCUT2D eigenvalue weighted by Gasteiger charge is 2.42. The summed E-state index contributed by atoms with van der Waals surface area (Å²) in [7, 11) is 0. The highest BCUT2D eigenvalue weighted by Crippen LogP contribution is 2.54. The fraction of sp³-hybridized carbons (Fsp3) is 0.364. The minimum Gasteiger partial charge on any atom is -0.469 e. The summed E-state index contributed by atoms with van der Waals surface area (Å²) in [5.41, 5.74) is 30.3. The van der Waals surface area contributed by atoms with E-state index in [0.717, 1.165) is 59.5 Å². The van der Waals surface area contributed by atoms with Crippen molar-refractivity contribution in [2.45, 2.75) is 91.9 Å². The van der Waals surface area contributed by atoms with Crippen LogP contribution in [0.2, 0.25) is 0 Å². The van der Waals surface area contributed by atoms with Crippen molar-refractivity contribution in [3.8, 4) is 0 Å². The predicted molar refractivity (Wildman–Crippen MR) is 186 cm³/mol. The van der Waals surface area contributed by atoms with Gasteiger partial charge in [-0.15, -0.1) is 22.9 Å². The van der Waals surface area contributed by atoms with Crippen molar-refractivity contribution < 1.29 is 8.83 Å². The molecular weight excluding hydrogens is 560 g/mol. The van der Waals surface area contributed by atoms with Crippen molar-refractivity contribution in [1.82, 2.24) is 0 Å². The number of hydrogen-bond acceptors (Lipinski definition) is 2. The van der Waals surface area contributed by atoms with Gasteiger partial charge in [-0.05, 0) is 97.9 Å². The standard InChI is InChI=1S/C44H44O2/c1-27(2)33-19-17-31-13-9-7-8-10-14-32-18-20-34(28(3)4)26-36-30(6)24-38(42(32)36)44(40-16-12-22-46-40)43(39-15-11-21-45-39)37-23-29(5)35(25-33)41(31)37/h11-12,15-22,27-28,43-44H,7-10,13-14H2,1-6H3. The number of allylic oxidation sites excluding steroid dienone is 12. The summed E-state index contributed by atoms with van der Waals surface area (Å²) in [4.78, 5) is 0. The monoisotopic (exact) mass is 604 g/mol. The van der Waals surface area contributed by atoms with Gasteiger partial charge in [0.15, 0.2) is 0 Å². The third-order valence-corrected chi connectivity index (χ3v) is 10.1. The molecule has 232 valence electrons. The zero-order valence-electron chi connectivity index (χ0n) is 28.1. The molecule has 0 aromatic carbocycles. The molecule has 0 aliphatic heterocycles. The van der Waals surface area contributed by atoms with E-state index in [1.54, 1.807) is 12.5 Å². The average Bonchev–Trinajstić information content (AvgIpc) is 3.80. The minimum atomic E-state index is -0.179. The fourth-order valence-corrected chi connectivity index (χ4v) is 7.62. The molecule has 46 heavy (non-hydrogen) atoms. The first kappa shape index (κ1) is 30.3. The highest BCUT2D eigenvalue weighted by molar-refractivity contribution is 5.72. The third-order valence-electron chi connectivity index (χ3n) is 10.1. The summed E-state index contributed by atoms with van der Waals surface area (Å²) in [6, 6.07) is 8.26. The van der Waals surface area contributed by atoms with Gasteiger partial charge >= 0.3 is 0 Å². The van der Waals surface area contributed by atoms with Crippen LogP contribution in [-0.4, -0.2) is 0 Å². The van der Waals surface area contributed by atoms with Crippen LogP contribution in [0.25, 0.3) is 0 Å². The van der Waals surface area contributed by atoms with E-state index in [9.17, 15) is 0 Å². The lowest BCUT2D eigenvalue weighted by molar-refractivity contribution is 0.421. The zero-order valence-corrected chi connectivity index (χ0v) is 28.1. The molecule has 0 radical (unpaired) electrons. The smallest absolute Gasteiger partial charge is 0.112 e. The van der Waals surface area contributed by atoms with Crippen molar-refractivity contribution in [1.29, 1.82) is 0 Å². The maximum absolute atomic E-state index is 6.38. The van der Waals surface area contributed by atoms with Gasteiger partial charge in [-0.2, -0.15) is 0 Å². The molecule has 5 aliphatic rings. The summed E-state index contributed by atoms with van der Waals surface area (Å²) in [5, 5.41) is 0. The molecular formula is C44H44O2. The first-order chi connectivity index (χ1) is 22.3. The predicted octanol–water partition coefficient (Wildman–Crippen LogP) is 12.0. The second kappa shape index (κ2) is 12.4. The van der Waals surface area contributed by atoms with Crippen LogP contribution < -0.4 is 0 Å².